The van der Waals surface area contributed by atoms with E-state index in [0.29, 0.717) is 12.3 Å². The number of aryl methyl sites for hydroxylation is 2. The van der Waals surface area contributed by atoms with Crippen molar-refractivity contribution in [2.24, 2.45) is 0 Å². The van der Waals surface area contributed by atoms with E-state index in [4.69, 9.17) is 4.74 Å². The summed E-state index contributed by atoms with van der Waals surface area (Å²) in [6.45, 7) is 8.42. The molecule has 0 saturated heterocycles. The number of carbonyl (C=O) groups is 2. The number of amides is 1. The third-order valence-electron chi connectivity index (χ3n) is 5.27. The van der Waals surface area contributed by atoms with E-state index in [1.807, 2.05) is 62.4 Å². The number of hydrogen-bond acceptors (Lipinski definition) is 3. The van der Waals surface area contributed by atoms with Crippen molar-refractivity contribution in [1.82, 2.24) is 0 Å². The number of anilines is 1. The van der Waals surface area contributed by atoms with Crippen LogP contribution in [0.3, 0.4) is 0 Å². The maximum atomic E-state index is 12.8. The lowest BCUT2D eigenvalue weighted by atomic mass is 10.1. The summed E-state index contributed by atoms with van der Waals surface area (Å²) in [5, 5.41) is 3.07. The summed E-state index contributed by atoms with van der Waals surface area (Å²) < 4.78 is 5.48. The molecule has 2 aromatic rings. The average Bonchev–Trinajstić information content (AvgIpc) is 2.69. The molecule has 0 aliphatic carbocycles. The van der Waals surface area contributed by atoms with E-state index in [1.54, 1.807) is 0 Å². The third-order valence-corrected chi connectivity index (χ3v) is 9.84. The SMILES string of the molecule is CC[P+](CC)(CC(=O)Nc1c(C)cccc1C)CC(=O)OCc1ccccc1. The zero-order chi connectivity index (χ0) is 20.6. The first-order valence-electron chi connectivity index (χ1n) is 9.80. The first-order chi connectivity index (χ1) is 13.4. The van der Waals surface area contributed by atoms with Gasteiger partial charge in [0.05, 0.1) is 12.3 Å². The van der Waals surface area contributed by atoms with Crippen LogP contribution in [0, 0.1) is 13.8 Å². The molecule has 1 amide bonds. The summed E-state index contributed by atoms with van der Waals surface area (Å²) in [6, 6.07) is 15.6. The van der Waals surface area contributed by atoms with E-state index >= 15 is 0 Å². The highest BCUT2D eigenvalue weighted by Crippen LogP contribution is 2.58. The summed E-state index contributed by atoms with van der Waals surface area (Å²) in [7, 11) is -1.75. The predicted molar refractivity (Wildman–Crippen MR) is 119 cm³/mol. The highest BCUT2D eigenvalue weighted by atomic mass is 31.2. The van der Waals surface area contributed by atoms with Gasteiger partial charge in [-0.2, -0.15) is 0 Å². The van der Waals surface area contributed by atoms with Crippen LogP contribution in [0.5, 0.6) is 0 Å². The van der Waals surface area contributed by atoms with Crippen LogP contribution >= 0.6 is 7.26 Å². The lowest BCUT2D eigenvalue weighted by molar-refractivity contribution is -0.141. The predicted octanol–water partition coefficient (Wildman–Crippen LogP) is 5.04. The van der Waals surface area contributed by atoms with Gasteiger partial charge in [-0.05, 0) is 44.4 Å². The topological polar surface area (TPSA) is 55.4 Å². The molecule has 5 heteroatoms. The molecule has 0 aliphatic rings. The Morgan fingerprint density at radius 3 is 2.07 bits per heavy atom. The Morgan fingerprint density at radius 2 is 1.50 bits per heavy atom. The van der Waals surface area contributed by atoms with E-state index in [1.165, 1.54) is 0 Å². The van der Waals surface area contributed by atoms with Gasteiger partial charge in [0.2, 0.25) is 0 Å². The molecule has 0 aliphatic heterocycles. The molecule has 0 atom stereocenters. The molecule has 2 rings (SSSR count). The minimum absolute atomic E-state index is 0.00899. The first-order valence-corrected chi connectivity index (χ1v) is 12.3. The van der Waals surface area contributed by atoms with Gasteiger partial charge in [-0.15, -0.1) is 0 Å². The Morgan fingerprint density at radius 1 is 0.893 bits per heavy atom. The summed E-state index contributed by atoms with van der Waals surface area (Å²) in [4.78, 5) is 25.2. The van der Waals surface area contributed by atoms with Crippen LogP contribution in [0.2, 0.25) is 0 Å². The van der Waals surface area contributed by atoms with Gasteiger partial charge in [-0.25, -0.2) is 4.79 Å². The molecule has 4 nitrogen and oxygen atoms in total. The average molecular weight is 400 g/mol. The Kier molecular flexibility index (Phi) is 8.19. The number of carbonyl (C=O) groups excluding carboxylic acids is 2. The largest absolute Gasteiger partial charge is 0.458 e. The zero-order valence-corrected chi connectivity index (χ0v) is 18.2. The fourth-order valence-corrected chi connectivity index (χ4v) is 6.06. The number of rotatable bonds is 9. The van der Waals surface area contributed by atoms with Crippen molar-refractivity contribution >= 4 is 24.8 Å². The van der Waals surface area contributed by atoms with Crippen LogP contribution in [-0.4, -0.2) is 36.5 Å². The van der Waals surface area contributed by atoms with Gasteiger partial charge in [-0.3, -0.25) is 4.79 Å². The standard InChI is InChI=1S/C23H30NO3P/c1-5-28(6-2,17-22(26)27-15-20-13-8-7-9-14-20)16-21(25)24-23-18(3)11-10-12-19(23)4/h7-14H,5-6,15-17H2,1-4H3/p+1. The number of ether oxygens (including phenoxy) is 1. The smallest absolute Gasteiger partial charge is 0.344 e. The van der Waals surface area contributed by atoms with Crippen molar-refractivity contribution in [3.8, 4) is 0 Å². The van der Waals surface area contributed by atoms with E-state index in [0.717, 1.165) is 34.7 Å². The molecule has 0 unspecified atom stereocenters. The van der Waals surface area contributed by atoms with Crippen molar-refractivity contribution in [3.05, 3.63) is 65.2 Å². The molecule has 0 aromatic heterocycles. The fraction of sp³-hybridized carbons (Fsp3) is 0.391. The Labute approximate surface area is 169 Å². The van der Waals surface area contributed by atoms with E-state index in [2.05, 4.69) is 19.2 Å². The minimum Gasteiger partial charge on any atom is -0.458 e. The summed E-state index contributed by atoms with van der Waals surface area (Å²) >= 11 is 0. The summed E-state index contributed by atoms with van der Waals surface area (Å²) in [5.74, 6) is -0.217. The number of para-hydroxylation sites is 1. The van der Waals surface area contributed by atoms with Gasteiger partial charge in [0.1, 0.15) is 12.8 Å². The second-order valence-electron chi connectivity index (χ2n) is 7.25. The molecule has 0 bridgehead atoms. The van der Waals surface area contributed by atoms with Gasteiger partial charge in [0, 0.05) is 12.9 Å². The van der Waals surface area contributed by atoms with Gasteiger partial charge in [0.25, 0.3) is 5.91 Å². The van der Waals surface area contributed by atoms with Crippen LogP contribution in [0.25, 0.3) is 0 Å². The molecular formula is C23H31NO3P+. The van der Waals surface area contributed by atoms with Crippen LogP contribution < -0.4 is 5.32 Å². The highest BCUT2D eigenvalue weighted by Gasteiger charge is 2.39. The molecule has 0 heterocycles. The molecule has 28 heavy (non-hydrogen) atoms. The van der Waals surface area contributed by atoms with E-state index in [9.17, 15) is 9.59 Å². The molecule has 0 fully saturated rings. The third kappa shape index (κ3) is 6.17. The number of benzene rings is 2. The van der Waals surface area contributed by atoms with Crippen LogP contribution in [0.4, 0.5) is 5.69 Å². The summed E-state index contributed by atoms with van der Waals surface area (Å²) in [5.41, 5.74) is 3.95. The fourth-order valence-electron chi connectivity index (χ4n) is 3.28. The highest BCUT2D eigenvalue weighted by molar-refractivity contribution is 7.77. The van der Waals surface area contributed by atoms with Gasteiger partial charge < -0.3 is 10.1 Å². The van der Waals surface area contributed by atoms with Crippen LogP contribution in [-0.2, 0) is 20.9 Å². The van der Waals surface area contributed by atoms with Gasteiger partial charge in [-0.1, -0.05) is 48.5 Å². The second kappa shape index (κ2) is 10.4. The van der Waals surface area contributed by atoms with E-state index < -0.39 is 7.26 Å². The second-order valence-corrected chi connectivity index (χ2v) is 11.8. The minimum atomic E-state index is -1.75. The lowest BCUT2D eigenvalue weighted by Crippen LogP contribution is -2.26. The van der Waals surface area contributed by atoms with Crippen molar-refractivity contribution in [1.29, 1.82) is 0 Å². The van der Waals surface area contributed by atoms with Crippen molar-refractivity contribution < 1.29 is 14.3 Å². The molecular weight excluding hydrogens is 369 g/mol. The maximum absolute atomic E-state index is 12.8. The molecule has 150 valence electrons. The number of esters is 1. The number of hydrogen-bond donors (Lipinski definition) is 1. The monoisotopic (exact) mass is 400 g/mol. The van der Waals surface area contributed by atoms with Crippen molar-refractivity contribution in [2.75, 3.05) is 30.0 Å². The lowest BCUT2D eigenvalue weighted by Gasteiger charge is -2.24. The molecule has 0 spiro atoms. The van der Waals surface area contributed by atoms with Crippen LogP contribution in [0.1, 0.15) is 30.5 Å². The van der Waals surface area contributed by atoms with Gasteiger partial charge >= 0.3 is 5.97 Å². The zero-order valence-electron chi connectivity index (χ0n) is 17.3. The Hall–Kier alpha value is -2.19. The molecule has 1 N–H and O–H groups in total. The Bertz CT molecular complexity index is 780. The molecule has 0 radical (unpaired) electrons. The normalized spacial score (nSPS) is 11.1. The van der Waals surface area contributed by atoms with E-state index in [-0.39, 0.29) is 18.5 Å². The molecule has 2 aromatic carbocycles. The van der Waals surface area contributed by atoms with Crippen molar-refractivity contribution in [2.45, 2.75) is 34.3 Å². The maximum Gasteiger partial charge on any atom is 0.344 e. The van der Waals surface area contributed by atoms with Crippen molar-refractivity contribution in [3.63, 3.8) is 0 Å². The van der Waals surface area contributed by atoms with Gasteiger partial charge in [0.15, 0.2) is 6.16 Å². The molecule has 0 saturated carbocycles. The Balaban J connectivity index is 1.99. The summed E-state index contributed by atoms with van der Waals surface area (Å²) in [6.07, 6.45) is 2.47. The number of nitrogens with one attached hydrogen (secondary N) is 1. The van der Waals surface area contributed by atoms with Crippen LogP contribution in [0.15, 0.2) is 48.5 Å². The first kappa shape index (κ1) is 22.1. The quantitative estimate of drug-likeness (QED) is 0.474.